The first kappa shape index (κ1) is 19.9. The van der Waals surface area contributed by atoms with E-state index in [9.17, 15) is 13.2 Å². The maximum Gasteiger partial charge on any atom is 0.416 e. The standard InChI is InChI=1S/C21H26F3N5/c1-3-20-26-10-15(11-27-20)28-8-6-16-17(13-28)19(5-4-18(16)21(22,23)24)29-9-7-25-14(2)12-29/h4-5,10-11,14,25H,3,6-9,12-13H2,1-2H3. The van der Waals surface area contributed by atoms with Gasteiger partial charge in [0.15, 0.2) is 0 Å². The van der Waals surface area contributed by atoms with E-state index in [1.54, 1.807) is 18.5 Å². The van der Waals surface area contributed by atoms with E-state index in [0.717, 1.165) is 48.8 Å². The number of nitrogens with one attached hydrogen (secondary N) is 1. The van der Waals surface area contributed by atoms with Crippen molar-refractivity contribution in [2.45, 2.75) is 45.5 Å². The second-order valence-electron chi connectivity index (χ2n) is 7.77. The fourth-order valence-corrected chi connectivity index (χ4v) is 4.29. The van der Waals surface area contributed by atoms with Crippen LogP contribution in [0, 0.1) is 0 Å². The van der Waals surface area contributed by atoms with Crippen LogP contribution in [0.1, 0.15) is 36.4 Å². The Morgan fingerprint density at radius 1 is 1.10 bits per heavy atom. The molecule has 0 bridgehead atoms. The monoisotopic (exact) mass is 405 g/mol. The second-order valence-corrected chi connectivity index (χ2v) is 7.77. The lowest BCUT2D eigenvalue weighted by molar-refractivity contribution is -0.138. The van der Waals surface area contributed by atoms with Crippen LogP contribution in [0.3, 0.4) is 0 Å². The largest absolute Gasteiger partial charge is 0.416 e. The van der Waals surface area contributed by atoms with Gasteiger partial charge in [-0.1, -0.05) is 6.92 Å². The van der Waals surface area contributed by atoms with E-state index in [4.69, 9.17) is 0 Å². The maximum atomic E-state index is 13.7. The van der Waals surface area contributed by atoms with E-state index in [1.807, 2.05) is 6.92 Å². The number of alkyl halides is 3. The first-order chi connectivity index (χ1) is 13.9. The molecule has 2 aliphatic heterocycles. The molecule has 4 rings (SSSR count). The van der Waals surface area contributed by atoms with Crippen molar-refractivity contribution in [2.24, 2.45) is 0 Å². The van der Waals surface area contributed by atoms with E-state index in [2.05, 4.69) is 32.0 Å². The minimum absolute atomic E-state index is 0.302. The van der Waals surface area contributed by atoms with Crippen molar-refractivity contribution in [2.75, 3.05) is 36.0 Å². The number of nitrogens with zero attached hydrogens (tertiary/aromatic N) is 4. The van der Waals surface area contributed by atoms with Crippen molar-refractivity contribution in [3.8, 4) is 0 Å². The molecule has 0 amide bonds. The van der Waals surface area contributed by atoms with Gasteiger partial charge in [-0.25, -0.2) is 9.97 Å². The highest BCUT2D eigenvalue weighted by Gasteiger charge is 2.37. The third-order valence-electron chi connectivity index (χ3n) is 5.78. The highest BCUT2D eigenvalue weighted by atomic mass is 19.4. The van der Waals surface area contributed by atoms with Crippen molar-refractivity contribution in [1.29, 1.82) is 0 Å². The van der Waals surface area contributed by atoms with Gasteiger partial charge in [-0.2, -0.15) is 13.2 Å². The third-order valence-corrected chi connectivity index (χ3v) is 5.78. The van der Waals surface area contributed by atoms with Gasteiger partial charge in [-0.05, 0) is 36.6 Å². The first-order valence-corrected chi connectivity index (χ1v) is 10.1. The number of halogens is 3. The SMILES string of the molecule is CCc1ncc(N2CCc3c(C(F)(F)F)ccc(N4CCNC(C)C4)c3C2)cn1. The molecule has 1 atom stereocenters. The molecular formula is C21H26F3N5. The molecule has 5 nitrogen and oxygen atoms in total. The molecule has 1 saturated heterocycles. The molecule has 1 aromatic carbocycles. The minimum Gasteiger partial charge on any atom is -0.368 e. The van der Waals surface area contributed by atoms with Gasteiger partial charge in [0, 0.05) is 50.9 Å². The lowest BCUT2D eigenvalue weighted by Gasteiger charge is -2.39. The number of aromatic nitrogens is 2. The molecule has 0 saturated carbocycles. The molecule has 0 radical (unpaired) electrons. The average molecular weight is 405 g/mol. The Hall–Kier alpha value is -2.35. The molecule has 29 heavy (non-hydrogen) atoms. The van der Waals surface area contributed by atoms with Crippen LogP contribution in [0.4, 0.5) is 24.5 Å². The van der Waals surface area contributed by atoms with E-state index in [0.29, 0.717) is 31.1 Å². The Kier molecular flexibility index (Phi) is 5.38. The lowest BCUT2D eigenvalue weighted by Crippen LogP contribution is -2.50. The van der Waals surface area contributed by atoms with Gasteiger partial charge in [-0.3, -0.25) is 0 Å². The van der Waals surface area contributed by atoms with Crippen molar-refractivity contribution < 1.29 is 13.2 Å². The molecule has 3 heterocycles. The number of benzene rings is 1. The van der Waals surface area contributed by atoms with Gasteiger partial charge in [0.1, 0.15) is 5.82 Å². The maximum absolute atomic E-state index is 13.7. The third kappa shape index (κ3) is 4.03. The highest BCUT2D eigenvalue weighted by Crippen LogP contribution is 2.40. The molecule has 2 aromatic rings. The topological polar surface area (TPSA) is 44.3 Å². The second kappa shape index (κ2) is 7.82. The summed E-state index contributed by atoms with van der Waals surface area (Å²) in [5.41, 5.74) is 2.47. The van der Waals surface area contributed by atoms with Crippen LogP contribution < -0.4 is 15.1 Å². The first-order valence-electron chi connectivity index (χ1n) is 10.1. The van der Waals surface area contributed by atoms with Crippen LogP contribution in [0.15, 0.2) is 24.5 Å². The van der Waals surface area contributed by atoms with Crippen molar-refractivity contribution in [1.82, 2.24) is 15.3 Å². The average Bonchev–Trinajstić information content (AvgIpc) is 2.72. The summed E-state index contributed by atoms with van der Waals surface area (Å²) in [6.07, 6.45) is 0.319. The molecule has 1 fully saturated rings. The fraction of sp³-hybridized carbons (Fsp3) is 0.524. The summed E-state index contributed by atoms with van der Waals surface area (Å²) >= 11 is 0. The number of rotatable bonds is 3. The van der Waals surface area contributed by atoms with Crippen LogP contribution >= 0.6 is 0 Å². The number of anilines is 2. The Bertz CT molecular complexity index is 866. The summed E-state index contributed by atoms with van der Waals surface area (Å²) in [7, 11) is 0. The predicted octanol–water partition coefficient (Wildman–Crippen LogP) is 3.42. The molecule has 2 aliphatic rings. The Morgan fingerprint density at radius 3 is 2.52 bits per heavy atom. The number of hydrogen-bond acceptors (Lipinski definition) is 5. The van der Waals surface area contributed by atoms with Gasteiger partial charge in [0.05, 0.1) is 23.6 Å². The summed E-state index contributed by atoms with van der Waals surface area (Å²) in [6.45, 7) is 7.44. The van der Waals surface area contributed by atoms with Gasteiger partial charge in [0.2, 0.25) is 0 Å². The van der Waals surface area contributed by atoms with E-state index in [-0.39, 0.29) is 0 Å². The summed E-state index contributed by atoms with van der Waals surface area (Å²) < 4.78 is 41.0. The molecule has 1 unspecified atom stereocenters. The number of fused-ring (bicyclic) bond motifs is 1. The number of hydrogen-bond donors (Lipinski definition) is 1. The van der Waals surface area contributed by atoms with E-state index in [1.165, 1.54) is 6.07 Å². The minimum atomic E-state index is -4.34. The zero-order chi connectivity index (χ0) is 20.6. The Morgan fingerprint density at radius 2 is 1.86 bits per heavy atom. The molecule has 1 aromatic heterocycles. The molecular weight excluding hydrogens is 379 g/mol. The van der Waals surface area contributed by atoms with Gasteiger partial charge >= 0.3 is 6.18 Å². The predicted molar refractivity (Wildman–Crippen MR) is 107 cm³/mol. The van der Waals surface area contributed by atoms with Crippen molar-refractivity contribution >= 4 is 11.4 Å². The zero-order valence-electron chi connectivity index (χ0n) is 16.8. The molecule has 0 aliphatic carbocycles. The van der Waals surface area contributed by atoms with Crippen LogP contribution in [0.5, 0.6) is 0 Å². The van der Waals surface area contributed by atoms with E-state index >= 15 is 0 Å². The van der Waals surface area contributed by atoms with E-state index < -0.39 is 11.7 Å². The Balaban J connectivity index is 1.72. The Labute approximate surface area is 168 Å². The van der Waals surface area contributed by atoms with Crippen LogP contribution in [0.25, 0.3) is 0 Å². The molecule has 0 spiro atoms. The van der Waals surface area contributed by atoms with Crippen LogP contribution in [-0.2, 0) is 25.6 Å². The van der Waals surface area contributed by atoms with Crippen LogP contribution in [-0.4, -0.2) is 42.2 Å². The van der Waals surface area contributed by atoms with Gasteiger partial charge in [-0.15, -0.1) is 0 Å². The molecule has 8 heteroatoms. The quantitative estimate of drug-likeness (QED) is 0.848. The normalized spacial score (nSPS) is 20.0. The summed E-state index contributed by atoms with van der Waals surface area (Å²) in [5, 5.41) is 3.39. The lowest BCUT2D eigenvalue weighted by atomic mass is 9.91. The molecule has 156 valence electrons. The smallest absolute Gasteiger partial charge is 0.368 e. The highest BCUT2D eigenvalue weighted by molar-refractivity contribution is 5.63. The zero-order valence-corrected chi connectivity index (χ0v) is 16.8. The summed E-state index contributed by atoms with van der Waals surface area (Å²) in [4.78, 5) is 13.0. The van der Waals surface area contributed by atoms with Crippen molar-refractivity contribution in [3.63, 3.8) is 0 Å². The van der Waals surface area contributed by atoms with Gasteiger partial charge in [0.25, 0.3) is 0 Å². The summed E-state index contributed by atoms with van der Waals surface area (Å²) in [6, 6.07) is 3.21. The van der Waals surface area contributed by atoms with Crippen molar-refractivity contribution in [3.05, 3.63) is 47.0 Å². The van der Waals surface area contributed by atoms with Gasteiger partial charge < -0.3 is 15.1 Å². The number of piperazine rings is 1. The fourth-order valence-electron chi connectivity index (χ4n) is 4.29. The molecule has 1 N–H and O–H groups in total. The summed E-state index contributed by atoms with van der Waals surface area (Å²) in [5.74, 6) is 0.765. The van der Waals surface area contributed by atoms with Crippen LogP contribution in [0.2, 0.25) is 0 Å². The number of aryl methyl sites for hydroxylation is 1.